The van der Waals surface area contributed by atoms with Crippen molar-refractivity contribution >= 4 is 5.91 Å². The van der Waals surface area contributed by atoms with Gasteiger partial charge < -0.3 is 5.32 Å². The topological polar surface area (TPSA) is 58.1 Å². The van der Waals surface area contributed by atoms with Crippen molar-refractivity contribution in [2.45, 2.75) is 25.4 Å². The number of likely N-dealkylation sites (tertiary alicyclic amines) is 1. The van der Waals surface area contributed by atoms with E-state index in [-0.39, 0.29) is 17.8 Å². The molecule has 148 valence electrons. The third-order valence-corrected chi connectivity index (χ3v) is 5.18. The molecule has 3 heterocycles. The van der Waals surface area contributed by atoms with Crippen molar-refractivity contribution in [2.75, 3.05) is 13.1 Å². The molecule has 4 rings (SSSR count). The number of rotatable bonds is 5. The van der Waals surface area contributed by atoms with Gasteiger partial charge in [0.15, 0.2) is 0 Å². The molecule has 1 aliphatic rings. The summed E-state index contributed by atoms with van der Waals surface area (Å²) >= 11 is 0. The molecule has 6 heteroatoms. The van der Waals surface area contributed by atoms with Crippen molar-refractivity contribution in [3.05, 3.63) is 84.1 Å². The molecule has 29 heavy (non-hydrogen) atoms. The second-order valence-corrected chi connectivity index (χ2v) is 7.29. The van der Waals surface area contributed by atoms with Crippen LogP contribution < -0.4 is 5.32 Å². The van der Waals surface area contributed by atoms with Crippen LogP contribution in [0.3, 0.4) is 0 Å². The maximum absolute atomic E-state index is 13.4. The lowest BCUT2D eigenvalue weighted by atomic mass is 10.0. The van der Waals surface area contributed by atoms with Crippen molar-refractivity contribution in [1.82, 2.24) is 20.2 Å². The summed E-state index contributed by atoms with van der Waals surface area (Å²) < 4.78 is 13.4. The SMILES string of the molecule is O=C(NC1CCN(Cc2ccccn2)CC1)c1ccc(-c2cccc(F)c2)nc1. The van der Waals surface area contributed by atoms with E-state index in [9.17, 15) is 9.18 Å². The summed E-state index contributed by atoms with van der Waals surface area (Å²) in [6, 6.07) is 15.9. The molecule has 1 amide bonds. The third-order valence-electron chi connectivity index (χ3n) is 5.18. The Balaban J connectivity index is 1.30. The summed E-state index contributed by atoms with van der Waals surface area (Å²) in [5.74, 6) is -0.424. The average Bonchev–Trinajstić information content (AvgIpc) is 2.76. The molecule has 1 aromatic carbocycles. The first-order chi connectivity index (χ1) is 14.2. The summed E-state index contributed by atoms with van der Waals surface area (Å²) in [6.45, 7) is 2.70. The van der Waals surface area contributed by atoms with E-state index in [0.717, 1.165) is 38.2 Å². The highest BCUT2D eigenvalue weighted by Crippen LogP contribution is 2.18. The molecule has 1 aliphatic heterocycles. The minimum Gasteiger partial charge on any atom is -0.349 e. The summed E-state index contributed by atoms with van der Waals surface area (Å²) in [6.07, 6.45) is 5.18. The number of piperidine rings is 1. The number of carbonyl (C=O) groups is 1. The molecular formula is C23H23FN4O. The second-order valence-electron chi connectivity index (χ2n) is 7.29. The van der Waals surface area contributed by atoms with Gasteiger partial charge in [0.2, 0.25) is 0 Å². The van der Waals surface area contributed by atoms with Crippen LogP contribution in [0.1, 0.15) is 28.9 Å². The lowest BCUT2D eigenvalue weighted by molar-refractivity contribution is 0.0908. The van der Waals surface area contributed by atoms with Crippen LogP contribution in [-0.2, 0) is 6.54 Å². The molecule has 0 unspecified atom stereocenters. The minimum absolute atomic E-state index is 0.119. The standard InChI is InChI=1S/C23H23FN4O/c24-19-5-3-4-17(14-19)22-8-7-18(15-26-22)23(29)27-20-9-12-28(13-10-20)16-21-6-1-2-11-25-21/h1-8,11,14-15,20H,9-10,12-13,16H2,(H,27,29). The van der Waals surface area contributed by atoms with Crippen LogP contribution in [0.5, 0.6) is 0 Å². The van der Waals surface area contributed by atoms with Gasteiger partial charge in [-0.2, -0.15) is 0 Å². The zero-order valence-corrected chi connectivity index (χ0v) is 16.1. The van der Waals surface area contributed by atoms with Crippen LogP contribution >= 0.6 is 0 Å². The highest BCUT2D eigenvalue weighted by Gasteiger charge is 2.21. The van der Waals surface area contributed by atoms with Gasteiger partial charge in [0.1, 0.15) is 5.82 Å². The van der Waals surface area contributed by atoms with Crippen molar-refractivity contribution in [3.63, 3.8) is 0 Å². The van der Waals surface area contributed by atoms with Crippen LogP contribution in [-0.4, -0.2) is 39.9 Å². The van der Waals surface area contributed by atoms with Gasteiger partial charge in [-0.15, -0.1) is 0 Å². The van der Waals surface area contributed by atoms with Crippen molar-refractivity contribution in [2.24, 2.45) is 0 Å². The van der Waals surface area contributed by atoms with Crippen LogP contribution in [0, 0.1) is 5.82 Å². The largest absolute Gasteiger partial charge is 0.349 e. The number of aromatic nitrogens is 2. The Morgan fingerprint density at radius 3 is 2.62 bits per heavy atom. The molecular weight excluding hydrogens is 367 g/mol. The van der Waals surface area contributed by atoms with Crippen LogP contribution in [0.4, 0.5) is 4.39 Å². The van der Waals surface area contributed by atoms with Gasteiger partial charge in [0.05, 0.1) is 17.0 Å². The van der Waals surface area contributed by atoms with Gasteiger partial charge in [-0.3, -0.25) is 19.7 Å². The number of halogens is 1. The van der Waals surface area contributed by atoms with E-state index in [2.05, 4.69) is 20.2 Å². The monoisotopic (exact) mass is 390 g/mol. The van der Waals surface area contributed by atoms with Crippen LogP contribution in [0.15, 0.2) is 67.0 Å². The smallest absolute Gasteiger partial charge is 0.253 e. The quantitative estimate of drug-likeness (QED) is 0.722. The predicted octanol–water partition coefficient (Wildman–Crippen LogP) is 3.68. The summed E-state index contributed by atoms with van der Waals surface area (Å²) in [5.41, 5.74) is 2.92. The Labute approximate surface area is 169 Å². The lowest BCUT2D eigenvalue weighted by Crippen LogP contribution is -2.44. The highest BCUT2D eigenvalue weighted by atomic mass is 19.1. The second kappa shape index (κ2) is 8.92. The fourth-order valence-corrected chi connectivity index (χ4v) is 3.57. The number of pyridine rings is 2. The van der Waals surface area contributed by atoms with Gasteiger partial charge >= 0.3 is 0 Å². The summed E-state index contributed by atoms with van der Waals surface area (Å²) in [5, 5.41) is 3.11. The van der Waals surface area contributed by atoms with Crippen LogP contribution in [0.2, 0.25) is 0 Å². The van der Waals surface area contributed by atoms with E-state index in [4.69, 9.17) is 0 Å². The fraction of sp³-hybridized carbons (Fsp3) is 0.261. The Hall–Kier alpha value is -3.12. The van der Waals surface area contributed by atoms with E-state index in [1.165, 1.54) is 12.1 Å². The lowest BCUT2D eigenvalue weighted by Gasteiger charge is -2.32. The highest BCUT2D eigenvalue weighted by molar-refractivity contribution is 5.94. The Bertz CT molecular complexity index is 954. The molecule has 0 bridgehead atoms. The van der Waals surface area contributed by atoms with E-state index < -0.39 is 0 Å². The number of amides is 1. The van der Waals surface area contributed by atoms with Gasteiger partial charge in [-0.05, 0) is 49.2 Å². The molecule has 5 nitrogen and oxygen atoms in total. The Morgan fingerprint density at radius 2 is 1.93 bits per heavy atom. The zero-order valence-electron chi connectivity index (χ0n) is 16.1. The minimum atomic E-state index is -0.305. The normalized spacial score (nSPS) is 15.2. The summed E-state index contributed by atoms with van der Waals surface area (Å²) in [4.78, 5) is 23.6. The fourth-order valence-electron chi connectivity index (χ4n) is 3.57. The molecule has 2 aromatic heterocycles. The first-order valence-corrected chi connectivity index (χ1v) is 9.82. The van der Waals surface area contributed by atoms with Crippen molar-refractivity contribution < 1.29 is 9.18 Å². The predicted molar refractivity (Wildman–Crippen MR) is 110 cm³/mol. The van der Waals surface area contributed by atoms with E-state index in [1.54, 1.807) is 30.5 Å². The van der Waals surface area contributed by atoms with E-state index in [0.29, 0.717) is 16.8 Å². The molecule has 0 aliphatic carbocycles. The zero-order chi connectivity index (χ0) is 20.1. The molecule has 0 radical (unpaired) electrons. The van der Waals surface area contributed by atoms with Gasteiger partial charge in [0, 0.05) is 43.6 Å². The Morgan fingerprint density at radius 1 is 1.07 bits per heavy atom. The molecule has 1 saturated heterocycles. The van der Waals surface area contributed by atoms with Crippen LogP contribution in [0.25, 0.3) is 11.3 Å². The maximum atomic E-state index is 13.4. The average molecular weight is 390 g/mol. The number of hydrogen-bond donors (Lipinski definition) is 1. The first kappa shape index (κ1) is 19.2. The van der Waals surface area contributed by atoms with Gasteiger partial charge in [-0.25, -0.2) is 4.39 Å². The van der Waals surface area contributed by atoms with E-state index >= 15 is 0 Å². The molecule has 3 aromatic rings. The molecule has 0 spiro atoms. The number of carbonyl (C=O) groups excluding carboxylic acids is 1. The number of hydrogen-bond acceptors (Lipinski definition) is 4. The first-order valence-electron chi connectivity index (χ1n) is 9.82. The maximum Gasteiger partial charge on any atom is 0.253 e. The van der Waals surface area contributed by atoms with Gasteiger partial charge in [-0.1, -0.05) is 18.2 Å². The molecule has 0 saturated carbocycles. The van der Waals surface area contributed by atoms with E-state index in [1.807, 2.05) is 24.4 Å². The van der Waals surface area contributed by atoms with Gasteiger partial charge in [0.25, 0.3) is 5.91 Å². The Kier molecular flexibility index (Phi) is 5.91. The molecule has 0 atom stereocenters. The third kappa shape index (κ3) is 5.03. The number of nitrogens with zero attached hydrogens (tertiary/aromatic N) is 3. The number of nitrogens with one attached hydrogen (secondary N) is 1. The molecule has 1 fully saturated rings. The van der Waals surface area contributed by atoms with Crippen molar-refractivity contribution in [3.8, 4) is 11.3 Å². The summed E-state index contributed by atoms with van der Waals surface area (Å²) in [7, 11) is 0. The molecule has 1 N–H and O–H groups in total. The van der Waals surface area contributed by atoms with Crippen molar-refractivity contribution in [1.29, 1.82) is 0 Å². The number of benzene rings is 1.